The molecule has 0 saturated heterocycles. The zero-order valence-corrected chi connectivity index (χ0v) is 24.2. The lowest BCUT2D eigenvalue weighted by atomic mass is 9.83. The zero-order valence-electron chi connectivity index (χ0n) is 22.6. The van der Waals surface area contributed by atoms with Gasteiger partial charge in [-0.1, -0.05) is 48.0 Å². The van der Waals surface area contributed by atoms with Crippen LogP contribution in [0.5, 0.6) is 5.75 Å². The molecule has 0 saturated carbocycles. The summed E-state index contributed by atoms with van der Waals surface area (Å²) in [5.41, 5.74) is -0.704. The van der Waals surface area contributed by atoms with Crippen LogP contribution in [0.15, 0.2) is 114 Å². The predicted octanol–water partition coefficient (Wildman–Crippen LogP) is 5.10. The van der Waals surface area contributed by atoms with Gasteiger partial charge in [0.15, 0.2) is 5.54 Å². The van der Waals surface area contributed by atoms with E-state index in [2.05, 4.69) is 15.3 Å². The van der Waals surface area contributed by atoms with Crippen molar-refractivity contribution < 1.29 is 22.7 Å². The molecule has 9 nitrogen and oxygen atoms in total. The van der Waals surface area contributed by atoms with Crippen LogP contribution in [-0.4, -0.2) is 37.3 Å². The maximum atomic E-state index is 14.8. The highest BCUT2D eigenvalue weighted by atomic mass is 35.5. The summed E-state index contributed by atoms with van der Waals surface area (Å²) in [5.74, 6) is -1.34. The van der Waals surface area contributed by atoms with Crippen molar-refractivity contribution in [2.45, 2.75) is 10.4 Å². The molecule has 1 aliphatic heterocycles. The van der Waals surface area contributed by atoms with E-state index in [1.807, 2.05) is 0 Å². The summed E-state index contributed by atoms with van der Waals surface area (Å²) in [6.07, 6.45) is 7.46. The Morgan fingerprint density at radius 1 is 0.953 bits per heavy atom. The number of sulfonamides is 1. The number of benzene rings is 3. The summed E-state index contributed by atoms with van der Waals surface area (Å²) in [7, 11) is -3.15. The van der Waals surface area contributed by atoms with Crippen LogP contribution >= 0.6 is 11.6 Å². The summed E-state index contributed by atoms with van der Waals surface area (Å²) in [4.78, 5) is 36.5. The molecular weight excluding hydrogens is 588 g/mol. The monoisotopic (exact) mass is 610 g/mol. The molecule has 5 aromatic rings. The number of para-hydroxylation sites is 2. The number of nitrogens with zero attached hydrogens (tertiary/aromatic N) is 3. The number of anilines is 1. The lowest BCUT2D eigenvalue weighted by molar-refractivity contribution is -0.127. The maximum Gasteiger partial charge on any atom is 0.276 e. The molecule has 6 rings (SSSR count). The van der Waals surface area contributed by atoms with Crippen LogP contribution < -0.4 is 14.4 Å². The molecule has 0 fully saturated rings. The first kappa shape index (κ1) is 28.1. The molecule has 2 amide bonds. The number of ether oxygens (including phenoxy) is 1. The number of aromatic nitrogens is 2. The molecule has 1 N–H and O–H groups in total. The lowest BCUT2D eigenvalue weighted by Crippen LogP contribution is -2.54. The molecule has 214 valence electrons. The second kappa shape index (κ2) is 11.0. The van der Waals surface area contributed by atoms with Crippen molar-refractivity contribution in [3.8, 4) is 5.75 Å². The topological polar surface area (TPSA) is 119 Å². The largest absolute Gasteiger partial charge is 0.496 e. The van der Waals surface area contributed by atoms with E-state index in [9.17, 15) is 18.0 Å². The summed E-state index contributed by atoms with van der Waals surface area (Å²) in [5, 5.41) is 3.64. The van der Waals surface area contributed by atoms with Crippen LogP contribution in [0.25, 0.3) is 17.0 Å². The summed E-state index contributed by atoms with van der Waals surface area (Å²) >= 11 is 6.44. The number of amides is 2. The van der Waals surface area contributed by atoms with Crippen molar-refractivity contribution in [2.75, 3.05) is 11.4 Å². The molecule has 43 heavy (non-hydrogen) atoms. The van der Waals surface area contributed by atoms with Crippen LogP contribution in [-0.2, 0) is 25.2 Å². The van der Waals surface area contributed by atoms with Crippen LogP contribution in [0, 0.1) is 0 Å². The van der Waals surface area contributed by atoms with E-state index < -0.39 is 27.4 Å². The first-order valence-corrected chi connectivity index (χ1v) is 14.9. The number of carbonyl (C=O) groups excluding carboxylic acids is 2. The first-order chi connectivity index (χ1) is 20.8. The van der Waals surface area contributed by atoms with Crippen molar-refractivity contribution in [2.24, 2.45) is 0 Å². The first-order valence-electron chi connectivity index (χ1n) is 13.0. The summed E-state index contributed by atoms with van der Waals surface area (Å²) in [6.45, 7) is 0. The van der Waals surface area contributed by atoms with E-state index in [1.54, 1.807) is 79.1 Å². The quantitative estimate of drug-likeness (QED) is 0.255. The third kappa shape index (κ3) is 4.70. The van der Waals surface area contributed by atoms with E-state index in [-0.39, 0.29) is 38.0 Å². The van der Waals surface area contributed by atoms with Gasteiger partial charge in [0.05, 0.1) is 18.3 Å². The smallest absolute Gasteiger partial charge is 0.276 e. The molecule has 1 aliphatic rings. The van der Waals surface area contributed by atoms with Crippen molar-refractivity contribution in [3.63, 3.8) is 0 Å². The van der Waals surface area contributed by atoms with Crippen molar-refractivity contribution >= 4 is 56.1 Å². The van der Waals surface area contributed by atoms with Gasteiger partial charge in [-0.25, -0.2) is 8.42 Å². The van der Waals surface area contributed by atoms with E-state index in [0.29, 0.717) is 15.3 Å². The van der Waals surface area contributed by atoms with E-state index in [0.717, 1.165) is 0 Å². The van der Waals surface area contributed by atoms with Gasteiger partial charge in [0, 0.05) is 46.2 Å². The van der Waals surface area contributed by atoms with Crippen molar-refractivity contribution in [1.29, 1.82) is 0 Å². The Kier molecular flexibility index (Phi) is 7.17. The van der Waals surface area contributed by atoms with Gasteiger partial charge in [0.25, 0.3) is 15.9 Å². The molecule has 0 spiro atoms. The van der Waals surface area contributed by atoms with Gasteiger partial charge in [-0.15, -0.1) is 0 Å². The van der Waals surface area contributed by atoms with E-state index in [4.69, 9.17) is 16.3 Å². The molecule has 0 bridgehead atoms. The average molecular weight is 611 g/mol. The van der Waals surface area contributed by atoms with Gasteiger partial charge in [-0.2, -0.15) is 4.31 Å². The van der Waals surface area contributed by atoms with Gasteiger partial charge in [-0.05, 0) is 60.2 Å². The van der Waals surface area contributed by atoms with Crippen LogP contribution in [0.1, 0.15) is 16.7 Å². The fraction of sp³-hybridized carbons (Fsp3) is 0.0625. The summed E-state index contributed by atoms with van der Waals surface area (Å²) in [6, 6.07) is 22.6. The highest BCUT2D eigenvalue weighted by Gasteiger charge is 2.58. The third-order valence-electron chi connectivity index (χ3n) is 7.16. The molecule has 11 heteroatoms. The van der Waals surface area contributed by atoms with Gasteiger partial charge in [-0.3, -0.25) is 19.6 Å². The second-order valence-electron chi connectivity index (χ2n) is 9.62. The van der Waals surface area contributed by atoms with Crippen molar-refractivity contribution in [1.82, 2.24) is 15.3 Å². The molecule has 2 aromatic heterocycles. The minimum absolute atomic E-state index is 0.0339. The summed E-state index contributed by atoms with van der Waals surface area (Å²) < 4.78 is 35.2. The normalized spacial score (nSPS) is 16.4. The number of hydrogen-bond donors (Lipinski definition) is 1. The Hall–Kier alpha value is -5.06. The molecule has 0 radical (unpaired) electrons. The predicted molar refractivity (Wildman–Crippen MR) is 163 cm³/mol. The standard InChI is InChI=1S/C32H23ClN4O5S/c1-42-27-9-3-2-8-24(27)32(36-29(38)14-11-21-15-18-34-19-16-21)25-20-23(33)12-13-26(25)37(31(32)39)43(40,41)28-10-4-6-22-7-5-17-35-30(22)28/h2-20H,1H3,(H,36,38)/b14-11+. The molecular formula is C32H23ClN4O5S. The average Bonchev–Trinajstić information content (AvgIpc) is 3.27. The fourth-order valence-corrected chi connectivity index (χ4v) is 7.07. The van der Waals surface area contributed by atoms with E-state index >= 15 is 0 Å². The number of nitrogens with one attached hydrogen (secondary N) is 1. The van der Waals surface area contributed by atoms with Gasteiger partial charge in [0.2, 0.25) is 5.91 Å². The molecule has 1 unspecified atom stereocenters. The Balaban J connectivity index is 1.58. The Morgan fingerprint density at radius 3 is 2.51 bits per heavy atom. The number of pyridine rings is 2. The maximum absolute atomic E-state index is 14.8. The van der Waals surface area contributed by atoms with Gasteiger partial charge < -0.3 is 10.1 Å². The van der Waals surface area contributed by atoms with Gasteiger partial charge in [0.1, 0.15) is 10.6 Å². The lowest BCUT2D eigenvalue weighted by Gasteiger charge is -2.31. The second-order valence-corrected chi connectivity index (χ2v) is 11.8. The van der Waals surface area contributed by atoms with Crippen LogP contribution in [0.2, 0.25) is 5.02 Å². The number of fused-ring (bicyclic) bond motifs is 2. The highest BCUT2D eigenvalue weighted by molar-refractivity contribution is 7.93. The highest BCUT2D eigenvalue weighted by Crippen LogP contribution is 2.50. The van der Waals surface area contributed by atoms with E-state index in [1.165, 1.54) is 43.6 Å². The molecule has 3 heterocycles. The van der Waals surface area contributed by atoms with Crippen molar-refractivity contribution in [3.05, 3.63) is 131 Å². The zero-order chi connectivity index (χ0) is 30.2. The number of halogens is 1. The minimum atomic E-state index is -4.57. The molecule has 1 atom stereocenters. The Morgan fingerprint density at radius 2 is 1.72 bits per heavy atom. The number of methoxy groups -OCH3 is 1. The van der Waals surface area contributed by atoms with Crippen LogP contribution in [0.3, 0.4) is 0 Å². The number of rotatable bonds is 7. The number of carbonyl (C=O) groups is 2. The minimum Gasteiger partial charge on any atom is -0.496 e. The number of hydrogen-bond acceptors (Lipinski definition) is 7. The van der Waals surface area contributed by atoms with Crippen LogP contribution in [0.4, 0.5) is 5.69 Å². The molecule has 0 aliphatic carbocycles. The Bertz CT molecular complexity index is 2030. The fourth-order valence-electron chi connectivity index (χ4n) is 5.26. The SMILES string of the molecule is COc1ccccc1C1(NC(=O)/C=C/c2ccncc2)C(=O)N(S(=O)(=O)c2cccc3cccnc23)c2ccc(Cl)cc21. The Labute approximate surface area is 252 Å². The molecule has 3 aromatic carbocycles. The van der Waals surface area contributed by atoms with Gasteiger partial charge >= 0.3 is 0 Å². The third-order valence-corrected chi connectivity index (χ3v) is 9.12.